The van der Waals surface area contributed by atoms with E-state index in [-0.39, 0.29) is 23.0 Å². The maximum absolute atomic E-state index is 13.0. The van der Waals surface area contributed by atoms with Crippen LogP contribution in [0, 0.1) is 5.82 Å². The number of nitrogens with zero attached hydrogens (tertiary/aromatic N) is 2. The lowest BCUT2D eigenvalue weighted by Gasteiger charge is -2.05. The maximum atomic E-state index is 13.0. The molecule has 0 aliphatic heterocycles. The summed E-state index contributed by atoms with van der Waals surface area (Å²) < 4.78 is 14.7. The number of amides is 1. The summed E-state index contributed by atoms with van der Waals surface area (Å²) in [6.07, 6.45) is 1.83. The molecular weight excluding hydrogens is 293 g/mol. The van der Waals surface area contributed by atoms with Gasteiger partial charge >= 0.3 is 0 Å². The molecule has 21 heavy (non-hydrogen) atoms. The monoisotopic (exact) mass is 303 g/mol. The minimum Gasteiger partial charge on any atom is -0.346 e. The van der Waals surface area contributed by atoms with Crippen LogP contribution in [0.3, 0.4) is 0 Å². The topological polar surface area (TPSA) is 46.4 Å². The number of carbonyl (C=O) groups is 1. The molecule has 0 radical (unpaired) electrons. The average Bonchev–Trinajstić information content (AvgIpc) is 2.87. The molecule has 1 N–H and O–H groups in total. The Hall–Kier alpha value is -2.40. The first kappa shape index (κ1) is 13.6. The lowest BCUT2D eigenvalue weighted by Crippen LogP contribution is -2.23. The van der Waals surface area contributed by atoms with Crippen molar-refractivity contribution in [3.8, 4) is 0 Å². The van der Waals surface area contributed by atoms with E-state index in [0.29, 0.717) is 0 Å². The van der Waals surface area contributed by atoms with E-state index in [1.807, 2.05) is 30.5 Å². The lowest BCUT2D eigenvalue weighted by molar-refractivity contribution is 0.0950. The molecule has 4 nitrogen and oxygen atoms in total. The van der Waals surface area contributed by atoms with Crippen LogP contribution in [0.5, 0.6) is 0 Å². The molecule has 1 aromatic carbocycles. The summed E-state index contributed by atoms with van der Waals surface area (Å²) in [6, 6.07) is 11.3. The smallest absolute Gasteiger partial charge is 0.253 e. The summed E-state index contributed by atoms with van der Waals surface area (Å²) in [5.41, 5.74) is 1.91. The SMILES string of the molecule is O=C(NCc1cc2ccccn2n1)c1ccc(F)cc1Cl. The van der Waals surface area contributed by atoms with Crippen molar-refractivity contribution in [2.45, 2.75) is 6.54 Å². The number of halogens is 2. The number of hydrogen-bond acceptors (Lipinski definition) is 2. The molecule has 2 heterocycles. The van der Waals surface area contributed by atoms with Gasteiger partial charge in [-0.2, -0.15) is 5.10 Å². The Balaban J connectivity index is 1.73. The molecular formula is C15H11ClFN3O. The molecule has 0 spiro atoms. The average molecular weight is 304 g/mol. The number of aromatic nitrogens is 2. The van der Waals surface area contributed by atoms with E-state index in [1.165, 1.54) is 12.1 Å². The van der Waals surface area contributed by atoms with Gasteiger partial charge in [0.15, 0.2) is 0 Å². The number of hydrogen-bond donors (Lipinski definition) is 1. The molecule has 3 aromatic rings. The molecule has 3 rings (SSSR count). The van der Waals surface area contributed by atoms with E-state index < -0.39 is 5.82 Å². The van der Waals surface area contributed by atoms with Gasteiger partial charge in [-0.3, -0.25) is 4.79 Å². The fraction of sp³-hybridized carbons (Fsp3) is 0.0667. The number of fused-ring (bicyclic) bond motifs is 1. The second-order valence-electron chi connectivity index (χ2n) is 4.51. The van der Waals surface area contributed by atoms with Gasteiger partial charge in [0.1, 0.15) is 5.82 Å². The summed E-state index contributed by atoms with van der Waals surface area (Å²) in [4.78, 5) is 12.0. The van der Waals surface area contributed by atoms with Crippen LogP contribution < -0.4 is 5.32 Å². The van der Waals surface area contributed by atoms with E-state index in [0.717, 1.165) is 17.3 Å². The zero-order valence-corrected chi connectivity index (χ0v) is 11.6. The van der Waals surface area contributed by atoms with E-state index in [9.17, 15) is 9.18 Å². The van der Waals surface area contributed by atoms with Crippen LogP contribution in [0.4, 0.5) is 4.39 Å². The number of nitrogens with one attached hydrogen (secondary N) is 1. The summed E-state index contributed by atoms with van der Waals surface area (Å²) >= 11 is 5.85. The van der Waals surface area contributed by atoms with Crippen LogP contribution in [-0.4, -0.2) is 15.5 Å². The highest BCUT2D eigenvalue weighted by Gasteiger charge is 2.11. The Morgan fingerprint density at radius 1 is 1.29 bits per heavy atom. The summed E-state index contributed by atoms with van der Waals surface area (Å²) in [6.45, 7) is 0.272. The van der Waals surface area contributed by atoms with Crippen LogP contribution in [0.15, 0.2) is 48.7 Å². The van der Waals surface area contributed by atoms with Gasteiger partial charge in [0.05, 0.1) is 28.3 Å². The summed E-state index contributed by atoms with van der Waals surface area (Å²) in [5, 5.41) is 7.12. The highest BCUT2D eigenvalue weighted by molar-refractivity contribution is 6.33. The van der Waals surface area contributed by atoms with Crippen LogP contribution in [0.1, 0.15) is 16.1 Å². The highest BCUT2D eigenvalue weighted by atomic mass is 35.5. The van der Waals surface area contributed by atoms with Gasteiger partial charge in [0.2, 0.25) is 0 Å². The molecule has 0 saturated carbocycles. The zero-order chi connectivity index (χ0) is 14.8. The normalized spacial score (nSPS) is 10.8. The van der Waals surface area contributed by atoms with E-state index >= 15 is 0 Å². The van der Waals surface area contributed by atoms with Gasteiger partial charge in [-0.15, -0.1) is 0 Å². The second-order valence-corrected chi connectivity index (χ2v) is 4.92. The molecule has 106 valence electrons. The Kier molecular flexibility index (Phi) is 3.58. The molecule has 0 atom stereocenters. The number of carbonyl (C=O) groups excluding carboxylic acids is 1. The van der Waals surface area contributed by atoms with Crippen molar-refractivity contribution in [1.82, 2.24) is 14.9 Å². The molecule has 0 saturated heterocycles. The van der Waals surface area contributed by atoms with Crippen LogP contribution in [-0.2, 0) is 6.54 Å². The standard InChI is InChI=1S/C15H11ClFN3O/c16-14-7-10(17)4-5-13(14)15(21)18-9-11-8-12-3-1-2-6-20(12)19-11/h1-8H,9H2,(H,18,21). The van der Waals surface area contributed by atoms with Gasteiger partial charge in [-0.1, -0.05) is 17.7 Å². The first-order chi connectivity index (χ1) is 10.1. The predicted molar refractivity (Wildman–Crippen MR) is 77.8 cm³/mol. The van der Waals surface area contributed by atoms with Gasteiger partial charge in [0.25, 0.3) is 5.91 Å². The van der Waals surface area contributed by atoms with Crippen LogP contribution in [0.25, 0.3) is 5.52 Å². The summed E-state index contributed by atoms with van der Waals surface area (Å²) in [7, 11) is 0. The Bertz CT molecular complexity index is 783. The Morgan fingerprint density at radius 3 is 2.90 bits per heavy atom. The van der Waals surface area contributed by atoms with Gasteiger partial charge < -0.3 is 5.32 Å². The van der Waals surface area contributed by atoms with Gasteiger partial charge in [-0.05, 0) is 36.4 Å². The summed E-state index contributed by atoms with van der Waals surface area (Å²) in [5.74, 6) is -0.839. The lowest BCUT2D eigenvalue weighted by atomic mass is 10.2. The third-order valence-corrected chi connectivity index (χ3v) is 3.34. The minimum atomic E-state index is -0.475. The first-order valence-corrected chi connectivity index (χ1v) is 6.68. The highest BCUT2D eigenvalue weighted by Crippen LogP contribution is 2.17. The number of pyridine rings is 1. The van der Waals surface area contributed by atoms with Crippen molar-refractivity contribution in [1.29, 1.82) is 0 Å². The van der Waals surface area contributed by atoms with Gasteiger partial charge in [-0.25, -0.2) is 8.91 Å². The first-order valence-electron chi connectivity index (χ1n) is 6.30. The van der Waals surface area contributed by atoms with Crippen molar-refractivity contribution in [2.24, 2.45) is 0 Å². The molecule has 6 heteroatoms. The minimum absolute atomic E-state index is 0.0856. The van der Waals surface area contributed by atoms with Gasteiger partial charge in [0, 0.05) is 6.20 Å². The fourth-order valence-electron chi connectivity index (χ4n) is 2.02. The molecule has 0 aliphatic rings. The van der Waals surface area contributed by atoms with E-state index in [4.69, 9.17) is 11.6 Å². The van der Waals surface area contributed by atoms with Crippen LogP contribution in [0.2, 0.25) is 5.02 Å². The fourth-order valence-corrected chi connectivity index (χ4v) is 2.27. The number of rotatable bonds is 3. The third-order valence-electron chi connectivity index (χ3n) is 3.03. The van der Waals surface area contributed by atoms with E-state index in [2.05, 4.69) is 10.4 Å². The second kappa shape index (κ2) is 5.54. The maximum Gasteiger partial charge on any atom is 0.253 e. The van der Waals surface area contributed by atoms with Crippen LogP contribution >= 0.6 is 11.6 Å². The van der Waals surface area contributed by atoms with Crippen molar-refractivity contribution in [3.63, 3.8) is 0 Å². The molecule has 0 bridgehead atoms. The molecule has 2 aromatic heterocycles. The zero-order valence-electron chi connectivity index (χ0n) is 10.9. The Labute approximate surface area is 125 Å². The molecule has 0 fully saturated rings. The van der Waals surface area contributed by atoms with Crippen molar-refractivity contribution >= 4 is 23.0 Å². The predicted octanol–water partition coefficient (Wildman–Crippen LogP) is 3.06. The largest absolute Gasteiger partial charge is 0.346 e. The molecule has 0 unspecified atom stereocenters. The Morgan fingerprint density at radius 2 is 2.14 bits per heavy atom. The van der Waals surface area contributed by atoms with E-state index in [1.54, 1.807) is 4.52 Å². The van der Waals surface area contributed by atoms with Crippen molar-refractivity contribution in [2.75, 3.05) is 0 Å². The third kappa shape index (κ3) is 2.87. The molecule has 0 aliphatic carbocycles. The van der Waals surface area contributed by atoms with Crippen molar-refractivity contribution in [3.05, 3.63) is 70.8 Å². The van der Waals surface area contributed by atoms with Crippen molar-refractivity contribution < 1.29 is 9.18 Å². The number of benzene rings is 1. The quantitative estimate of drug-likeness (QED) is 0.808. The molecule has 1 amide bonds.